The Morgan fingerprint density at radius 1 is 0.971 bits per heavy atom. The third-order valence-corrected chi connectivity index (χ3v) is 6.22. The molecule has 1 fully saturated rings. The summed E-state index contributed by atoms with van der Waals surface area (Å²) in [6, 6.07) is 17.3. The standard InChI is InChI=1S/C26H34BNO6/c1-25(2)26(3,4)34-27(33-25)21(16-20-14-10-11-15-22(20)23(30-5)31-6)17-28-24(29)32-18-19-12-8-7-9-13-19/h7-16,23H,17-18H2,1-6H3,(H,28,29). The van der Waals surface area contributed by atoms with E-state index in [0.29, 0.717) is 0 Å². The number of rotatable bonds is 9. The molecule has 1 saturated heterocycles. The van der Waals surface area contributed by atoms with Gasteiger partial charge in [0, 0.05) is 26.3 Å². The van der Waals surface area contributed by atoms with E-state index in [-0.39, 0.29) is 13.2 Å². The number of carbonyl (C=O) groups excluding carboxylic acids is 1. The van der Waals surface area contributed by atoms with Crippen molar-refractivity contribution in [2.45, 2.75) is 51.8 Å². The van der Waals surface area contributed by atoms with Crippen LogP contribution in [-0.4, -0.2) is 45.2 Å². The first-order chi connectivity index (χ1) is 16.2. The van der Waals surface area contributed by atoms with Crippen LogP contribution < -0.4 is 5.32 Å². The third kappa shape index (κ3) is 6.27. The molecule has 0 spiro atoms. The summed E-state index contributed by atoms with van der Waals surface area (Å²) in [5.41, 5.74) is 2.35. The monoisotopic (exact) mass is 467 g/mol. The van der Waals surface area contributed by atoms with Crippen LogP contribution in [0.5, 0.6) is 0 Å². The molecule has 2 aromatic rings. The normalized spacial score (nSPS) is 17.1. The van der Waals surface area contributed by atoms with E-state index in [9.17, 15) is 4.79 Å². The minimum Gasteiger partial charge on any atom is -0.445 e. The van der Waals surface area contributed by atoms with Crippen molar-refractivity contribution < 1.29 is 28.3 Å². The van der Waals surface area contributed by atoms with Crippen LogP contribution in [0.15, 0.2) is 60.1 Å². The van der Waals surface area contributed by atoms with E-state index in [1.165, 1.54) is 0 Å². The molecule has 182 valence electrons. The summed E-state index contributed by atoms with van der Waals surface area (Å²) in [6.45, 7) is 8.34. The number of benzene rings is 2. The van der Waals surface area contributed by atoms with Crippen LogP contribution in [0.2, 0.25) is 0 Å². The Balaban J connectivity index is 1.82. The third-order valence-electron chi connectivity index (χ3n) is 6.22. The molecule has 3 rings (SSSR count). The molecule has 2 aromatic carbocycles. The van der Waals surface area contributed by atoms with Crippen LogP contribution in [0.25, 0.3) is 6.08 Å². The molecule has 0 aromatic heterocycles. The van der Waals surface area contributed by atoms with Gasteiger partial charge in [-0.2, -0.15) is 0 Å². The maximum absolute atomic E-state index is 12.4. The van der Waals surface area contributed by atoms with Gasteiger partial charge in [0.15, 0.2) is 6.29 Å². The highest BCUT2D eigenvalue weighted by atomic mass is 16.7. The molecule has 1 aliphatic rings. The smallest absolute Gasteiger partial charge is 0.445 e. The van der Waals surface area contributed by atoms with Gasteiger partial charge in [0.2, 0.25) is 0 Å². The van der Waals surface area contributed by atoms with Crippen molar-refractivity contribution in [3.8, 4) is 0 Å². The first-order valence-electron chi connectivity index (χ1n) is 11.3. The number of alkyl carbamates (subject to hydrolysis) is 1. The predicted octanol–water partition coefficient (Wildman–Crippen LogP) is 4.92. The lowest BCUT2D eigenvalue weighted by Gasteiger charge is -2.32. The molecule has 0 radical (unpaired) electrons. The Morgan fingerprint density at radius 2 is 1.56 bits per heavy atom. The Hall–Kier alpha value is -2.65. The topological polar surface area (TPSA) is 75.3 Å². The van der Waals surface area contributed by atoms with Gasteiger partial charge in [0.1, 0.15) is 6.61 Å². The lowest BCUT2D eigenvalue weighted by atomic mass is 9.76. The van der Waals surface area contributed by atoms with E-state index >= 15 is 0 Å². The number of carbonyl (C=O) groups is 1. The number of amides is 1. The van der Waals surface area contributed by atoms with Gasteiger partial charge in [-0.15, -0.1) is 0 Å². The molecular weight excluding hydrogens is 433 g/mol. The van der Waals surface area contributed by atoms with E-state index in [0.717, 1.165) is 22.2 Å². The van der Waals surface area contributed by atoms with E-state index in [2.05, 4.69) is 5.32 Å². The summed E-state index contributed by atoms with van der Waals surface area (Å²) in [5, 5.41) is 2.83. The molecule has 7 nitrogen and oxygen atoms in total. The largest absolute Gasteiger partial charge is 0.492 e. The van der Waals surface area contributed by atoms with Crippen LogP contribution in [0.3, 0.4) is 0 Å². The number of methoxy groups -OCH3 is 2. The summed E-state index contributed by atoms with van der Waals surface area (Å²) in [5.74, 6) is 0. The molecule has 1 heterocycles. The number of ether oxygens (including phenoxy) is 3. The molecule has 0 aliphatic carbocycles. The highest BCUT2D eigenvalue weighted by Crippen LogP contribution is 2.39. The molecular formula is C26H34BNO6. The van der Waals surface area contributed by atoms with Gasteiger partial charge < -0.3 is 28.8 Å². The van der Waals surface area contributed by atoms with Gasteiger partial charge in [0.05, 0.1) is 11.2 Å². The Morgan fingerprint density at radius 3 is 2.18 bits per heavy atom. The summed E-state index contributed by atoms with van der Waals surface area (Å²) in [6.07, 6.45) is 0.891. The van der Waals surface area contributed by atoms with Gasteiger partial charge in [-0.25, -0.2) is 4.79 Å². The second-order valence-corrected chi connectivity index (χ2v) is 9.16. The minimum absolute atomic E-state index is 0.184. The average molecular weight is 467 g/mol. The molecule has 34 heavy (non-hydrogen) atoms. The van der Waals surface area contributed by atoms with Crippen molar-refractivity contribution in [1.82, 2.24) is 5.32 Å². The fraction of sp³-hybridized carbons (Fsp3) is 0.423. The molecule has 1 N–H and O–H groups in total. The Bertz CT molecular complexity index is 972. The number of hydrogen-bond acceptors (Lipinski definition) is 6. The Kier molecular flexibility index (Phi) is 8.54. The van der Waals surface area contributed by atoms with Crippen molar-refractivity contribution in [2.75, 3.05) is 20.8 Å². The lowest BCUT2D eigenvalue weighted by Crippen LogP contribution is -2.41. The zero-order valence-electron chi connectivity index (χ0n) is 20.8. The lowest BCUT2D eigenvalue weighted by molar-refractivity contribution is -0.106. The highest BCUT2D eigenvalue weighted by Gasteiger charge is 2.52. The fourth-order valence-electron chi connectivity index (χ4n) is 3.55. The fourth-order valence-corrected chi connectivity index (χ4v) is 3.55. The maximum Gasteiger partial charge on any atom is 0.492 e. The molecule has 0 bridgehead atoms. The van der Waals surface area contributed by atoms with Gasteiger partial charge in [-0.05, 0) is 44.3 Å². The molecule has 1 aliphatic heterocycles. The quantitative estimate of drug-likeness (QED) is 0.417. The van der Waals surface area contributed by atoms with Crippen LogP contribution >= 0.6 is 0 Å². The van der Waals surface area contributed by atoms with Crippen molar-refractivity contribution in [1.29, 1.82) is 0 Å². The molecule has 1 amide bonds. The van der Waals surface area contributed by atoms with Gasteiger partial charge in [0.25, 0.3) is 0 Å². The first kappa shape index (κ1) is 26.0. The van der Waals surface area contributed by atoms with Crippen LogP contribution in [0, 0.1) is 0 Å². The number of hydrogen-bond donors (Lipinski definition) is 1. The second kappa shape index (κ2) is 11.2. The summed E-state index contributed by atoms with van der Waals surface area (Å²) in [4.78, 5) is 12.4. The van der Waals surface area contributed by atoms with Crippen LogP contribution in [0.4, 0.5) is 4.79 Å². The van der Waals surface area contributed by atoms with E-state index < -0.39 is 30.7 Å². The van der Waals surface area contributed by atoms with Crippen molar-refractivity contribution in [2.24, 2.45) is 0 Å². The van der Waals surface area contributed by atoms with Crippen LogP contribution in [0.1, 0.15) is 50.7 Å². The zero-order chi connectivity index (χ0) is 24.8. The van der Waals surface area contributed by atoms with Crippen LogP contribution in [-0.2, 0) is 30.1 Å². The van der Waals surface area contributed by atoms with Gasteiger partial charge in [-0.1, -0.05) is 60.7 Å². The van der Waals surface area contributed by atoms with Crippen molar-refractivity contribution in [3.05, 3.63) is 76.8 Å². The van der Waals surface area contributed by atoms with E-state index in [4.69, 9.17) is 23.5 Å². The number of nitrogens with one attached hydrogen (secondary N) is 1. The maximum atomic E-state index is 12.4. The Labute approximate surface area is 202 Å². The second-order valence-electron chi connectivity index (χ2n) is 9.16. The minimum atomic E-state index is -0.643. The predicted molar refractivity (Wildman–Crippen MR) is 132 cm³/mol. The molecule has 0 atom stereocenters. The first-order valence-corrected chi connectivity index (χ1v) is 11.3. The van der Waals surface area contributed by atoms with Crippen molar-refractivity contribution in [3.63, 3.8) is 0 Å². The average Bonchev–Trinajstić information content (AvgIpc) is 3.04. The zero-order valence-corrected chi connectivity index (χ0v) is 20.8. The van der Waals surface area contributed by atoms with E-state index in [1.54, 1.807) is 14.2 Å². The molecule has 0 saturated carbocycles. The van der Waals surface area contributed by atoms with E-state index in [1.807, 2.05) is 88.4 Å². The van der Waals surface area contributed by atoms with Gasteiger partial charge >= 0.3 is 13.2 Å². The highest BCUT2D eigenvalue weighted by molar-refractivity contribution is 6.56. The summed E-state index contributed by atoms with van der Waals surface area (Å²) < 4.78 is 28.8. The van der Waals surface area contributed by atoms with Crippen molar-refractivity contribution >= 4 is 19.3 Å². The molecule has 8 heteroatoms. The SMILES string of the molecule is COC(OC)c1ccccc1C=C(CNC(=O)OCc1ccccc1)B1OC(C)(C)C(C)(C)O1. The summed E-state index contributed by atoms with van der Waals surface area (Å²) in [7, 11) is 2.54. The molecule has 0 unspecified atom stereocenters. The summed E-state index contributed by atoms with van der Waals surface area (Å²) >= 11 is 0. The van der Waals surface area contributed by atoms with Gasteiger partial charge in [-0.3, -0.25) is 0 Å².